The Hall–Kier alpha value is -3.46. The Morgan fingerprint density at radius 2 is 1.62 bits per heavy atom. The van der Waals surface area contributed by atoms with Crippen molar-refractivity contribution in [1.82, 2.24) is 0 Å². The lowest BCUT2D eigenvalue weighted by Gasteiger charge is -2.12. The first-order valence-corrected chi connectivity index (χ1v) is 7.75. The van der Waals surface area contributed by atoms with Crippen molar-refractivity contribution in [2.45, 2.75) is 6.61 Å². The third-order valence-electron chi connectivity index (χ3n) is 3.59. The summed E-state index contributed by atoms with van der Waals surface area (Å²) in [4.78, 5) is 12.2. The standard InChI is InChI=1S/C20H19NO5/c1-23-17-11-19(25-3)18(24-2)10-15(17)9-16(12-21)20(22)26-13-14-7-5-4-6-8-14/h4-11H,13H2,1-3H3. The van der Waals surface area contributed by atoms with Gasteiger partial charge in [-0.1, -0.05) is 30.3 Å². The number of carbonyl (C=O) groups excluding carboxylic acids is 1. The molecule has 2 rings (SSSR count). The molecule has 0 spiro atoms. The van der Waals surface area contributed by atoms with Crippen LogP contribution in [-0.2, 0) is 16.1 Å². The molecule has 0 aliphatic rings. The third-order valence-corrected chi connectivity index (χ3v) is 3.59. The molecule has 2 aromatic carbocycles. The lowest BCUT2D eigenvalue weighted by Crippen LogP contribution is -2.07. The Labute approximate surface area is 152 Å². The first kappa shape index (κ1) is 18.9. The second kappa shape index (κ2) is 9.14. The van der Waals surface area contributed by atoms with Crippen LogP contribution in [-0.4, -0.2) is 27.3 Å². The van der Waals surface area contributed by atoms with Crippen LogP contribution in [0.25, 0.3) is 6.08 Å². The lowest BCUT2D eigenvalue weighted by molar-refractivity contribution is -0.139. The van der Waals surface area contributed by atoms with Gasteiger partial charge in [0.15, 0.2) is 11.5 Å². The van der Waals surface area contributed by atoms with Crippen LogP contribution in [0.5, 0.6) is 17.2 Å². The predicted molar refractivity (Wildman–Crippen MR) is 95.9 cm³/mol. The summed E-state index contributed by atoms with van der Waals surface area (Å²) in [6.07, 6.45) is 1.40. The zero-order chi connectivity index (χ0) is 18.9. The predicted octanol–water partition coefficient (Wildman–Crippen LogP) is 3.36. The maximum atomic E-state index is 12.2. The van der Waals surface area contributed by atoms with Crippen LogP contribution < -0.4 is 14.2 Å². The Balaban J connectivity index is 2.27. The largest absolute Gasteiger partial charge is 0.496 e. The highest BCUT2D eigenvalue weighted by Crippen LogP contribution is 2.35. The molecule has 0 bridgehead atoms. The van der Waals surface area contributed by atoms with Gasteiger partial charge in [-0.3, -0.25) is 0 Å². The Bertz CT molecular complexity index is 837. The molecule has 0 radical (unpaired) electrons. The van der Waals surface area contributed by atoms with E-state index >= 15 is 0 Å². The fraction of sp³-hybridized carbons (Fsp3) is 0.200. The number of methoxy groups -OCH3 is 3. The van der Waals surface area contributed by atoms with Gasteiger partial charge in [0.25, 0.3) is 0 Å². The number of hydrogen-bond donors (Lipinski definition) is 0. The summed E-state index contributed by atoms with van der Waals surface area (Å²) >= 11 is 0. The van der Waals surface area contributed by atoms with Crippen LogP contribution >= 0.6 is 0 Å². The number of esters is 1. The minimum atomic E-state index is -0.715. The van der Waals surface area contributed by atoms with Crippen molar-refractivity contribution in [2.24, 2.45) is 0 Å². The molecule has 134 valence electrons. The molecule has 0 saturated carbocycles. The number of hydrogen-bond acceptors (Lipinski definition) is 6. The summed E-state index contributed by atoms with van der Waals surface area (Å²) in [5, 5.41) is 9.33. The average Bonchev–Trinajstić information content (AvgIpc) is 2.70. The summed E-state index contributed by atoms with van der Waals surface area (Å²) in [6, 6.07) is 14.3. The van der Waals surface area contributed by atoms with E-state index in [9.17, 15) is 10.1 Å². The van der Waals surface area contributed by atoms with Crippen LogP contribution in [0.3, 0.4) is 0 Å². The molecule has 0 heterocycles. The van der Waals surface area contributed by atoms with Gasteiger partial charge in [0.1, 0.15) is 24.0 Å². The van der Waals surface area contributed by atoms with Gasteiger partial charge in [-0.15, -0.1) is 0 Å². The van der Waals surface area contributed by atoms with E-state index in [4.69, 9.17) is 18.9 Å². The number of ether oxygens (including phenoxy) is 4. The number of nitrogens with zero attached hydrogens (tertiary/aromatic N) is 1. The van der Waals surface area contributed by atoms with Gasteiger partial charge < -0.3 is 18.9 Å². The van der Waals surface area contributed by atoms with Gasteiger partial charge in [-0.25, -0.2) is 4.79 Å². The molecular weight excluding hydrogens is 334 g/mol. The summed E-state index contributed by atoms with van der Waals surface area (Å²) in [7, 11) is 4.49. The number of carbonyl (C=O) groups is 1. The van der Waals surface area contributed by atoms with E-state index in [-0.39, 0.29) is 12.2 Å². The second-order valence-corrected chi connectivity index (χ2v) is 5.18. The minimum Gasteiger partial charge on any atom is -0.496 e. The van der Waals surface area contributed by atoms with E-state index in [2.05, 4.69) is 0 Å². The first-order chi connectivity index (χ1) is 12.6. The van der Waals surface area contributed by atoms with Crippen molar-refractivity contribution in [3.63, 3.8) is 0 Å². The van der Waals surface area contributed by atoms with E-state index < -0.39 is 5.97 Å². The molecule has 0 aromatic heterocycles. The molecule has 0 saturated heterocycles. The molecule has 0 fully saturated rings. The van der Waals surface area contributed by atoms with Crippen LogP contribution in [0.2, 0.25) is 0 Å². The topological polar surface area (TPSA) is 77.8 Å². The first-order valence-electron chi connectivity index (χ1n) is 7.75. The van der Waals surface area contributed by atoms with Crippen LogP contribution in [0.15, 0.2) is 48.0 Å². The van der Waals surface area contributed by atoms with Crippen LogP contribution in [0.4, 0.5) is 0 Å². The second-order valence-electron chi connectivity index (χ2n) is 5.18. The van der Waals surface area contributed by atoms with Crippen LogP contribution in [0.1, 0.15) is 11.1 Å². The zero-order valence-corrected chi connectivity index (χ0v) is 14.8. The zero-order valence-electron chi connectivity index (χ0n) is 14.8. The molecule has 0 aliphatic heterocycles. The van der Waals surface area contributed by atoms with E-state index in [1.165, 1.54) is 27.4 Å². The SMILES string of the molecule is COc1cc(OC)c(OC)cc1C=C(C#N)C(=O)OCc1ccccc1. The van der Waals surface area contributed by atoms with E-state index in [0.717, 1.165) is 5.56 Å². The minimum absolute atomic E-state index is 0.0851. The maximum Gasteiger partial charge on any atom is 0.349 e. The number of nitriles is 1. The van der Waals surface area contributed by atoms with Gasteiger partial charge in [0.05, 0.1) is 21.3 Å². The van der Waals surface area contributed by atoms with Crippen molar-refractivity contribution in [2.75, 3.05) is 21.3 Å². The highest BCUT2D eigenvalue weighted by Gasteiger charge is 2.15. The monoisotopic (exact) mass is 353 g/mol. The van der Waals surface area contributed by atoms with Crippen molar-refractivity contribution < 1.29 is 23.7 Å². The van der Waals surface area contributed by atoms with Crippen molar-refractivity contribution in [3.8, 4) is 23.3 Å². The molecule has 0 N–H and O–H groups in total. The van der Waals surface area contributed by atoms with Gasteiger partial charge in [0, 0.05) is 11.6 Å². The van der Waals surface area contributed by atoms with Crippen molar-refractivity contribution >= 4 is 12.0 Å². The normalized spacial score (nSPS) is 10.6. The molecule has 0 atom stereocenters. The molecule has 26 heavy (non-hydrogen) atoms. The van der Waals surface area contributed by atoms with Crippen LogP contribution in [0, 0.1) is 11.3 Å². The Morgan fingerprint density at radius 1 is 1.00 bits per heavy atom. The lowest BCUT2D eigenvalue weighted by atomic mass is 10.1. The molecule has 6 heteroatoms. The van der Waals surface area contributed by atoms with Crippen molar-refractivity contribution in [1.29, 1.82) is 5.26 Å². The fourth-order valence-electron chi connectivity index (χ4n) is 2.26. The van der Waals surface area contributed by atoms with Gasteiger partial charge >= 0.3 is 5.97 Å². The smallest absolute Gasteiger partial charge is 0.349 e. The Kier molecular flexibility index (Phi) is 6.63. The summed E-state index contributed by atoms with van der Waals surface area (Å²) < 4.78 is 21.0. The third kappa shape index (κ3) is 4.54. The fourth-order valence-corrected chi connectivity index (χ4v) is 2.26. The highest BCUT2D eigenvalue weighted by atomic mass is 16.5. The summed E-state index contributed by atoms with van der Waals surface area (Å²) in [5.74, 6) is 0.653. The number of benzene rings is 2. The molecule has 0 aliphatic carbocycles. The number of rotatable bonds is 7. The maximum absolute atomic E-state index is 12.2. The summed E-state index contributed by atoms with van der Waals surface area (Å²) in [5.41, 5.74) is 1.19. The quantitative estimate of drug-likeness (QED) is 0.431. The molecule has 0 amide bonds. The summed E-state index contributed by atoms with van der Waals surface area (Å²) in [6.45, 7) is 0.0851. The molecular formula is C20H19NO5. The van der Waals surface area contributed by atoms with Crippen molar-refractivity contribution in [3.05, 3.63) is 59.2 Å². The molecule has 0 unspecified atom stereocenters. The molecule has 6 nitrogen and oxygen atoms in total. The van der Waals surface area contributed by atoms with Gasteiger partial charge in [0.2, 0.25) is 0 Å². The van der Waals surface area contributed by atoms with Gasteiger partial charge in [-0.2, -0.15) is 5.26 Å². The molecule has 2 aromatic rings. The van der Waals surface area contributed by atoms with E-state index in [0.29, 0.717) is 22.8 Å². The van der Waals surface area contributed by atoms with E-state index in [1.54, 1.807) is 12.1 Å². The highest BCUT2D eigenvalue weighted by molar-refractivity contribution is 5.98. The van der Waals surface area contributed by atoms with E-state index in [1.807, 2.05) is 36.4 Å². The average molecular weight is 353 g/mol. The Morgan fingerprint density at radius 3 is 2.19 bits per heavy atom. The van der Waals surface area contributed by atoms with Gasteiger partial charge in [-0.05, 0) is 17.7 Å².